The molecule has 2 nitrogen and oxygen atoms in total. The first-order valence-corrected chi connectivity index (χ1v) is 17.3. The minimum absolute atomic E-state index is 0.445. The number of alkyl halides is 1. The summed E-state index contributed by atoms with van der Waals surface area (Å²) >= 11 is 2.94. The predicted octanol–water partition coefficient (Wildman–Crippen LogP) is 11.9. The van der Waals surface area contributed by atoms with Gasteiger partial charge in [-0.3, -0.25) is 0 Å². The van der Waals surface area contributed by atoms with Gasteiger partial charge in [0.1, 0.15) is 0 Å². The van der Waals surface area contributed by atoms with Gasteiger partial charge in [-0.1, -0.05) is 113 Å². The molecule has 0 heterocycles. The van der Waals surface area contributed by atoms with Crippen LogP contribution < -0.4 is 0 Å². The van der Waals surface area contributed by atoms with E-state index in [1.165, 1.54) is 30.4 Å². The maximum atomic E-state index is 13.0. The fourth-order valence-corrected chi connectivity index (χ4v) is 5.54. The molecule has 1 unspecified atom stereocenters. The van der Waals surface area contributed by atoms with E-state index in [4.69, 9.17) is 0 Å². The van der Waals surface area contributed by atoms with E-state index < -0.39 is 15.1 Å². The molecule has 39 heavy (non-hydrogen) atoms. The van der Waals surface area contributed by atoms with Crippen molar-refractivity contribution < 1.29 is 8.42 Å². The number of halogens is 1. The first-order chi connectivity index (χ1) is 18.4. The quantitative estimate of drug-likeness (QED) is 0.182. The summed E-state index contributed by atoms with van der Waals surface area (Å²) in [5.74, 6) is 1.81. The van der Waals surface area contributed by atoms with Crippen molar-refractivity contribution in [3.63, 3.8) is 0 Å². The van der Waals surface area contributed by atoms with Gasteiger partial charge in [-0.15, -0.1) is 0 Å². The van der Waals surface area contributed by atoms with Gasteiger partial charge in [-0.2, -0.15) is 0 Å². The van der Waals surface area contributed by atoms with E-state index in [0.717, 1.165) is 29.6 Å². The van der Waals surface area contributed by atoms with E-state index in [0.29, 0.717) is 11.3 Å². The van der Waals surface area contributed by atoms with Crippen molar-refractivity contribution in [2.24, 2.45) is 0 Å². The molecule has 0 radical (unpaired) electrons. The second-order valence-electron chi connectivity index (χ2n) is 10.1. The first-order valence-electron chi connectivity index (χ1n) is 14.2. The lowest BCUT2D eigenvalue weighted by atomic mass is 10.1. The Balaban J connectivity index is -0.000000635. The smallest absolute Gasteiger partial charge is 0.185 e. The van der Waals surface area contributed by atoms with Crippen molar-refractivity contribution in [1.82, 2.24) is 0 Å². The topological polar surface area (TPSA) is 34.1 Å². The molecule has 0 aromatic heterocycles. The molecule has 0 saturated carbocycles. The Labute approximate surface area is 252 Å². The molecule has 0 aliphatic rings. The molecule has 224 valence electrons. The molecule has 1 aromatic carbocycles. The molecule has 0 spiro atoms. The molecule has 4 heteroatoms. The van der Waals surface area contributed by atoms with E-state index >= 15 is 0 Å². The van der Waals surface area contributed by atoms with Crippen LogP contribution in [0.2, 0.25) is 0 Å². The highest BCUT2D eigenvalue weighted by Gasteiger charge is 2.27. The third-order valence-electron chi connectivity index (χ3n) is 5.60. The van der Waals surface area contributed by atoms with E-state index in [9.17, 15) is 8.42 Å². The maximum Gasteiger partial charge on any atom is 0.185 e. The number of sulfone groups is 1. The van der Waals surface area contributed by atoms with Crippen molar-refractivity contribution in [2.45, 2.75) is 125 Å². The van der Waals surface area contributed by atoms with Crippen LogP contribution in [0.4, 0.5) is 0 Å². The zero-order chi connectivity index (χ0) is 30.9. The average molecular weight is 624 g/mol. The highest BCUT2D eigenvalue weighted by Crippen LogP contribution is 2.26. The number of hydrogen-bond donors (Lipinski definition) is 0. The summed E-state index contributed by atoms with van der Waals surface area (Å²) in [6.07, 6.45) is 18.9. The van der Waals surface area contributed by atoms with Crippen LogP contribution in [0.25, 0.3) is 0 Å². The van der Waals surface area contributed by atoms with Crippen molar-refractivity contribution in [3.05, 3.63) is 88.6 Å². The molecule has 0 fully saturated rings. The van der Waals surface area contributed by atoms with Crippen LogP contribution in [0.1, 0.15) is 113 Å². The zero-order valence-electron chi connectivity index (χ0n) is 27.2. The van der Waals surface area contributed by atoms with Crippen LogP contribution in [-0.4, -0.2) is 19.5 Å². The fourth-order valence-electron chi connectivity index (χ4n) is 3.50. The number of unbranched alkanes of at least 4 members (excludes halogenated alkanes) is 1. The average Bonchev–Trinajstić information content (AvgIpc) is 2.88. The van der Waals surface area contributed by atoms with Crippen molar-refractivity contribution in [1.29, 1.82) is 0 Å². The third-order valence-corrected chi connectivity index (χ3v) is 7.77. The Bertz CT molecular complexity index is 997. The van der Waals surface area contributed by atoms with Gasteiger partial charge in [0.2, 0.25) is 0 Å². The van der Waals surface area contributed by atoms with Crippen LogP contribution in [0.5, 0.6) is 0 Å². The molecule has 0 bridgehead atoms. The Morgan fingerprint density at radius 1 is 0.821 bits per heavy atom. The van der Waals surface area contributed by atoms with E-state index in [1.807, 2.05) is 77.7 Å². The minimum Gasteiger partial charge on any atom is -0.223 e. The first kappa shape index (κ1) is 41.8. The Morgan fingerprint density at radius 3 is 1.82 bits per heavy atom. The lowest BCUT2D eigenvalue weighted by Gasteiger charge is -2.17. The van der Waals surface area contributed by atoms with Crippen LogP contribution in [-0.2, 0) is 9.84 Å². The van der Waals surface area contributed by atoms with Crippen LogP contribution in [0.3, 0.4) is 0 Å². The molecular formula is C35H59BrO2S. The normalized spacial score (nSPS) is 12.1. The van der Waals surface area contributed by atoms with Gasteiger partial charge < -0.3 is 0 Å². The fraction of sp³-hybridized carbons (Fsp3) is 0.543. The summed E-state index contributed by atoms with van der Waals surface area (Å²) < 4.78 is 26.1. The number of aryl methyl sites for hydroxylation is 1. The molecule has 0 aliphatic carbocycles. The minimum atomic E-state index is -3.36. The SMILES string of the molecule is C/C=C\C.CBr.CC/C=C(\C)CCC=C(C)C.CCC/C=C(\C)CC(C=C(C)C)S(=O)(=O)c1ccccc1C. The van der Waals surface area contributed by atoms with Crippen molar-refractivity contribution in [3.8, 4) is 0 Å². The molecule has 1 rings (SSSR count). The molecule has 0 saturated heterocycles. The van der Waals surface area contributed by atoms with Gasteiger partial charge in [0.15, 0.2) is 9.84 Å². The maximum absolute atomic E-state index is 13.0. The predicted molar refractivity (Wildman–Crippen MR) is 183 cm³/mol. The summed E-state index contributed by atoms with van der Waals surface area (Å²) in [7, 11) is -3.36. The molecule has 1 aromatic rings. The van der Waals surface area contributed by atoms with Gasteiger partial charge >= 0.3 is 0 Å². The molecule has 1 atom stereocenters. The van der Waals surface area contributed by atoms with E-state index in [-0.39, 0.29) is 0 Å². The highest BCUT2D eigenvalue weighted by atomic mass is 79.9. The monoisotopic (exact) mass is 622 g/mol. The zero-order valence-corrected chi connectivity index (χ0v) is 29.6. The van der Waals surface area contributed by atoms with Gasteiger partial charge in [0.25, 0.3) is 0 Å². The Kier molecular flexibility index (Phi) is 28.5. The lowest BCUT2D eigenvalue weighted by Crippen LogP contribution is -2.21. The summed E-state index contributed by atoms with van der Waals surface area (Å²) in [5.41, 5.74) is 5.93. The van der Waals surface area contributed by atoms with Crippen LogP contribution in [0.15, 0.2) is 87.9 Å². The summed E-state index contributed by atoms with van der Waals surface area (Å²) in [6, 6.07) is 7.23. The number of allylic oxidation sites excluding steroid dienone is 9. The number of hydrogen-bond acceptors (Lipinski definition) is 2. The summed E-state index contributed by atoms with van der Waals surface area (Å²) in [5, 5.41) is -0.494. The second-order valence-corrected chi connectivity index (χ2v) is 12.2. The van der Waals surface area contributed by atoms with Gasteiger partial charge in [0.05, 0.1) is 10.1 Å². The van der Waals surface area contributed by atoms with Gasteiger partial charge in [-0.25, -0.2) is 8.42 Å². The molecule has 0 aliphatic heterocycles. The van der Waals surface area contributed by atoms with E-state index in [2.05, 4.69) is 68.8 Å². The van der Waals surface area contributed by atoms with Crippen LogP contribution in [0, 0.1) is 6.92 Å². The largest absolute Gasteiger partial charge is 0.223 e. The Morgan fingerprint density at radius 2 is 1.38 bits per heavy atom. The van der Waals surface area contributed by atoms with Crippen molar-refractivity contribution >= 4 is 25.8 Å². The molecular weight excluding hydrogens is 564 g/mol. The second kappa shape index (κ2) is 26.6. The standard InChI is InChI=1S/C19H28O2S.C11H20.C4H8.CH3Br/c1-6-7-10-16(4)14-18(13-15(2)3)22(20,21)19-12-9-8-11-17(19)5;1-5-7-11(4)9-6-8-10(2)3;1-3-4-2;1-2/h8-13,18H,6-7,14H2,1-5H3;7-8H,5-6,9H2,1-4H3;3-4H,1-2H3;1H3/b16-10+;11-7+;4-3-;. The lowest BCUT2D eigenvalue weighted by molar-refractivity contribution is 0.586. The molecule has 0 N–H and O–H groups in total. The highest BCUT2D eigenvalue weighted by molar-refractivity contribution is 9.08. The summed E-state index contributed by atoms with van der Waals surface area (Å²) in [4.78, 5) is 0.445. The number of rotatable bonds is 11. The third kappa shape index (κ3) is 22.8. The number of benzene rings is 1. The van der Waals surface area contributed by atoms with Crippen molar-refractivity contribution in [2.75, 3.05) is 5.83 Å². The van der Waals surface area contributed by atoms with Crippen LogP contribution >= 0.6 is 15.9 Å². The molecule has 0 amide bonds. The van der Waals surface area contributed by atoms with Gasteiger partial charge in [0, 0.05) is 0 Å². The Hall–Kier alpha value is -1.65. The van der Waals surface area contributed by atoms with E-state index in [1.54, 1.807) is 12.1 Å². The van der Waals surface area contributed by atoms with Gasteiger partial charge in [-0.05, 0) is 112 Å². The summed E-state index contributed by atoms with van der Waals surface area (Å²) in [6.45, 7) is 22.6.